The number of nitro benzene ring substituents is 1. The van der Waals surface area contributed by atoms with Gasteiger partial charge in [0.2, 0.25) is 0 Å². The zero-order chi connectivity index (χ0) is 20.1. The number of hydrogen-bond acceptors (Lipinski definition) is 5. The Morgan fingerprint density at radius 3 is 2.56 bits per heavy atom. The molecule has 0 aliphatic rings. The molecule has 2 rings (SSSR count). The van der Waals surface area contributed by atoms with Gasteiger partial charge in [0.15, 0.2) is 5.11 Å². The fraction of sp³-hybridized carbons (Fsp3) is 0.222. The number of nitrogens with zero attached hydrogens (tertiary/aromatic N) is 1. The van der Waals surface area contributed by atoms with Crippen LogP contribution in [0.3, 0.4) is 0 Å². The number of amides is 1. The highest BCUT2D eigenvalue weighted by atomic mass is 79.9. The van der Waals surface area contributed by atoms with Gasteiger partial charge in [-0.15, -0.1) is 0 Å². The monoisotopic (exact) mass is 451 g/mol. The van der Waals surface area contributed by atoms with Crippen LogP contribution in [-0.4, -0.2) is 22.0 Å². The van der Waals surface area contributed by atoms with Gasteiger partial charge < -0.3 is 10.1 Å². The predicted molar refractivity (Wildman–Crippen MR) is 111 cm³/mol. The summed E-state index contributed by atoms with van der Waals surface area (Å²) in [5, 5.41) is 16.3. The largest absolute Gasteiger partial charge is 0.490 e. The number of nitro groups is 1. The average molecular weight is 452 g/mol. The predicted octanol–water partition coefficient (Wildman–Crippen LogP) is 4.58. The summed E-state index contributed by atoms with van der Waals surface area (Å²) in [4.78, 5) is 22.8. The molecule has 142 valence electrons. The maximum absolute atomic E-state index is 12.4. The number of thiocarbonyl (C=S) groups is 1. The van der Waals surface area contributed by atoms with Crippen molar-refractivity contribution in [2.45, 2.75) is 26.9 Å². The summed E-state index contributed by atoms with van der Waals surface area (Å²) in [7, 11) is 0. The van der Waals surface area contributed by atoms with Gasteiger partial charge in [0.05, 0.1) is 15.5 Å². The molecular weight excluding hydrogens is 434 g/mol. The van der Waals surface area contributed by atoms with Crippen LogP contribution >= 0.6 is 28.1 Å². The SMILES string of the molecule is Cc1ccc([N+](=O)[O-])cc1NC(=S)NC(=O)c1ccc(OC(C)C)c(Br)c1. The first-order valence-corrected chi connectivity index (χ1v) is 9.21. The van der Waals surface area contributed by atoms with Crippen molar-refractivity contribution >= 4 is 50.5 Å². The first kappa shape index (κ1) is 20.8. The minimum absolute atomic E-state index is 0.0101. The third-order valence-corrected chi connectivity index (χ3v) is 4.29. The zero-order valence-corrected chi connectivity index (χ0v) is 17.3. The molecule has 0 unspecified atom stereocenters. The van der Waals surface area contributed by atoms with Gasteiger partial charge >= 0.3 is 0 Å². The number of hydrogen-bond donors (Lipinski definition) is 2. The lowest BCUT2D eigenvalue weighted by atomic mass is 10.2. The van der Waals surface area contributed by atoms with E-state index in [1.54, 1.807) is 31.2 Å². The van der Waals surface area contributed by atoms with E-state index in [-0.39, 0.29) is 16.9 Å². The topological polar surface area (TPSA) is 93.5 Å². The fourth-order valence-corrected chi connectivity index (χ4v) is 2.85. The van der Waals surface area contributed by atoms with Crippen molar-refractivity contribution in [3.63, 3.8) is 0 Å². The normalized spacial score (nSPS) is 10.4. The maximum atomic E-state index is 12.4. The Bertz CT molecular complexity index is 902. The van der Waals surface area contributed by atoms with E-state index in [0.717, 1.165) is 5.56 Å². The van der Waals surface area contributed by atoms with Crippen LogP contribution in [0, 0.1) is 17.0 Å². The van der Waals surface area contributed by atoms with E-state index < -0.39 is 10.8 Å². The molecule has 2 aromatic rings. The molecule has 2 N–H and O–H groups in total. The molecule has 27 heavy (non-hydrogen) atoms. The van der Waals surface area contributed by atoms with Gasteiger partial charge in [-0.3, -0.25) is 20.2 Å². The molecule has 0 heterocycles. The van der Waals surface area contributed by atoms with E-state index in [0.29, 0.717) is 21.5 Å². The summed E-state index contributed by atoms with van der Waals surface area (Å²) in [5.41, 5.74) is 1.53. The van der Waals surface area contributed by atoms with E-state index in [4.69, 9.17) is 17.0 Å². The van der Waals surface area contributed by atoms with E-state index in [1.807, 2.05) is 13.8 Å². The van der Waals surface area contributed by atoms with Gasteiger partial charge in [-0.2, -0.15) is 0 Å². The van der Waals surface area contributed by atoms with Crippen LogP contribution in [0.5, 0.6) is 5.75 Å². The molecule has 0 spiro atoms. The van der Waals surface area contributed by atoms with Crippen LogP contribution in [0.15, 0.2) is 40.9 Å². The van der Waals surface area contributed by atoms with Gasteiger partial charge in [-0.25, -0.2) is 0 Å². The van der Waals surface area contributed by atoms with Gasteiger partial charge in [0.25, 0.3) is 11.6 Å². The third kappa shape index (κ3) is 5.73. The smallest absolute Gasteiger partial charge is 0.271 e. The minimum atomic E-state index is -0.495. The Morgan fingerprint density at radius 2 is 1.96 bits per heavy atom. The molecule has 9 heteroatoms. The molecule has 0 saturated carbocycles. The van der Waals surface area contributed by atoms with Crippen molar-refractivity contribution in [1.82, 2.24) is 5.32 Å². The average Bonchev–Trinajstić information content (AvgIpc) is 2.57. The maximum Gasteiger partial charge on any atom is 0.271 e. The van der Waals surface area contributed by atoms with Crippen molar-refractivity contribution in [3.05, 3.63) is 62.1 Å². The van der Waals surface area contributed by atoms with Crippen LogP contribution in [0.1, 0.15) is 29.8 Å². The van der Waals surface area contributed by atoms with Crippen molar-refractivity contribution in [1.29, 1.82) is 0 Å². The summed E-state index contributed by atoms with van der Waals surface area (Å²) in [5.74, 6) is 0.224. The Hall–Kier alpha value is -2.52. The number of non-ortho nitro benzene ring substituents is 1. The summed E-state index contributed by atoms with van der Waals surface area (Å²) >= 11 is 8.52. The van der Waals surface area contributed by atoms with Gasteiger partial charge in [-0.05, 0) is 72.7 Å². The third-order valence-electron chi connectivity index (χ3n) is 3.46. The molecule has 1 amide bonds. The van der Waals surface area contributed by atoms with Gasteiger partial charge in [-0.1, -0.05) is 6.07 Å². The first-order chi connectivity index (χ1) is 12.7. The number of carbonyl (C=O) groups is 1. The van der Waals surface area contributed by atoms with Crippen molar-refractivity contribution in [3.8, 4) is 5.75 Å². The van der Waals surface area contributed by atoms with E-state index in [9.17, 15) is 14.9 Å². The highest BCUT2D eigenvalue weighted by Crippen LogP contribution is 2.27. The number of nitrogens with one attached hydrogen (secondary N) is 2. The van der Waals surface area contributed by atoms with Gasteiger partial charge in [0.1, 0.15) is 5.75 Å². The van der Waals surface area contributed by atoms with E-state index in [1.165, 1.54) is 12.1 Å². The summed E-state index contributed by atoms with van der Waals surface area (Å²) in [6.07, 6.45) is 0.0101. The summed E-state index contributed by atoms with van der Waals surface area (Å²) < 4.78 is 6.26. The number of rotatable bonds is 5. The van der Waals surface area contributed by atoms with Crippen LogP contribution in [0.25, 0.3) is 0 Å². The lowest BCUT2D eigenvalue weighted by Gasteiger charge is -2.14. The second kappa shape index (κ2) is 8.92. The molecule has 0 radical (unpaired) electrons. The van der Waals surface area contributed by atoms with Crippen molar-refractivity contribution in [2.24, 2.45) is 0 Å². The van der Waals surface area contributed by atoms with Gasteiger partial charge in [0, 0.05) is 23.4 Å². The summed E-state index contributed by atoms with van der Waals surface area (Å²) in [6.45, 7) is 5.60. The lowest BCUT2D eigenvalue weighted by molar-refractivity contribution is -0.384. The zero-order valence-electron chi connectivity index (χ0n) is 14.9. The second-order valence-electron chi connectivity index (χ2n) is 5.98. The Labute approximate surface area is 170 Å². The van der Waals surface area contributed by atoms with Crippen LogP contribution in [0.4, 0.5) is 11.4 Å². The second-order valence-corrected chi connectivity index (χ2v) is 7.24. The van der Waals surface area contributed by atoms with E-state index >= 15 is 0 Å². The molecule has 0 aromatic heterocycles. The lowest BCUT2D eigenvalue weighted by Crippen LogP contribution is -2.34. The number of benzene rings is 2. The molecule has 0 atom stereocenters. The Balaban J connectivity index is 2.08. The number of halogens is 1. The number of anilines is 1. The van der Waals surface area contributed by atoms with Crippen LogP contribution in [0.2, 0.25) is 0 Å². The molecule has 0 saturated heterocycles. The molecule has 0 fully saturated rings. The number of aryl methyl sites for hydroxylation is 1. The number of carbonyl (C=O) groups excluding carboxylic acids is 1. The fourth-order valence-electron chi connectivity index (χ4n) is 2.18. The quantitative estimate of drug-likeness (QED) is 0.392. The summed E-state index contributed by atoms with van der Waals surface area (Å²) in [6, 6.07) is 9.33. The van der Waals surface area contributed by atoms with E-state index in [2.05, 4.69) is 26.6 Å². The van der Waals surface area contributed by atoms with Crippen LogP contribution in [-0.2, 0) is 0 Å². The Morgan fingerprint density at radius 1 is 1.26 bits per heavy atom. The van der Waals surface area contributed by atoms with Crippen molar-refractivity contribution in [2.75, 3.05) is 5.32 Å². The number of ether oxygens (including phenoxy) is 1. The van der Waals surface area contributed by atoms with Crippen molar-refractivity contribution < 1.29 is 14.5 Å². The highest BCUT2D eigenvalue weighted by Gasteiger charge is 2.14. The molecule has 0 aliphatic heterocycles. The Kier molecular flexibility index (Phi) is 6.86. The minimum Gasteiger partial charge on any atom is -0.490 e. The molecule has 0 aliphatic carbocycles. The molecular formula is C18H18BrN3O4S. The molecule has 7 nitrogen and oxygen atoms in total. The molecule has 2 aromatic carbocycles. The standard InChI is InChI=1S/C18H18BrN3O4S/c1-10(2)26-16-7-5-12(8-14(16)19)17(23)21-18(27)20-15-9-13(22(24)25)6-4-11(15)3/h4-10H,1-3H3,(H2,20,21,23,27). The molecule has 0 bridgehead atoms. The van der Waals surface area contributed by atoms with Crippen LogP contribution < -0.4 is 15.4 Å². The first-order valence-electron chi connectivity index (χ1n) is 8.01. The highest BCUT2D eigenvalue weighted by molar-refractivity contribution is 9.10.